The molecule has 0 bridgehead atoms. The standard InChI is InChI=1S/3C8H6O4.2Ce/c3*9-7(10)5-1-2-6(4-3-5)8(11)12;;/h3*1-4H,(H,9,10)(H,11,12);;/q;;;2*+3/p-6. The van der Waals surface area contributed by atoms with Crippen LogP contribution in [0.2, 0.25) is 0 Å². The van der Waals surface area contributed by atoms with Gasteiger partial charge in [-0.1, -0.05) is 72.8 Å². The Labute approximate surface area is 281 Å². The van der Waals surface area contributed by atoms with Crippen LogP contribution in [0.25, 0.3) is 0 Å². The summed E-state index contributed by atoms with van der Waals surface area (Å²) in [5, 5.41) is 61.2. The molecule has 0 aliphatic carbocycles. The van der Waals surface area contributed by atoms with Crippen LogP contribution in [0.4, 0.5) is 0 Å². The first-order chi connectivity index (χ1) is 16.8. The summed E-state index contributed by atoms with van der Waals surface area (Å²) in [6, 6.07) is 13.8. The predicted molar refractivity (Wildman–Crippen MR) is 105 cm³/mol. The van der Waals surface area contributed by atoms with Crippen molar-refractivity contribution >= 4 is 35.8 Å². The summed E-state index contributed by atoms with van der Waals surface area (Å²) in [5.41, 5.74) is -0.333. The van der Waals surface area contributed by atoms with Gasteiger partial charge in [0.25, 0.3) is 0 Å². The third-order valence-corrected chi connectivity index (χ3v) is 4.07. The molecule has 0 aliphatic rings. The molecule has 0 spiro atoms. The van der Waals surface area contributed by atoms with Gasteiger partial charge in [0.05, 0.1) is 35.8 Å². The Morgan fingerprint density at radius 1 is 0.289 bits per heavy atom. The average Bonchev–Trinajstić information content (AvgIpc) is 2.84. The van der Waals surface area contributed by atoms with E-state index in [1.54, 1.807) is 0 Å². The second kappa shape index (κ2) is 18.5. The van der Waals surface area contributed by atoms with Crippen LogP contribution < -0.4 is 30.6 Å². The van der Waals surface area contributed by atoms with Crippen molar-refractivity contribution < 1.29 is 143 Å². The number of benzene rings is 3. The van der Waals surface area contributed by atoms with Crippen molar-refractivity contribution in [2.75, 3.05) is 0 Å². The fourth-order valence-electron chi connectivity index (χ4n) is 2.23. The number of carbonyl (C=O) groups is 6. The molecular formula is C24H12Ce2O12. The first-order valence-corrected chi connectivity index (χ1v) is 9.41. The molecule has 3 aromatic rings. The van der Waals surface area contributed by atoms with E-state index in [9.17, 15) is 59.4 Å². The SMILES string of the molecule is O=C([O-])c1ccc(C(=O)[O-])cc1.O=C([O-])c1ccc(C(=O)[O-])cc1.O=C([O-])c1ccc(C(=O)[O-])cc1.[Ce+3].[Ce+3]. The van der Waals surface area contributed by atoms with Gasteiger partial charge in [-0.2, -0.15) is 0 Å². The molecule has 0 saturated carbocycles. The molecule has 3 aromatic carbocycles. The van der Waals surface area contributed by atoms with E-state index >= 15 is 0 Å². The Bertz CT molecular complexity index is 1010. The zero-order valence-corrected chi connectivity index (χ0v) is 25.1. The number of carboxylic acid groups (broad SMARTS) is 6. The molecule has 0 aliphatic heterocycles. The molecular weight excluding hydrogens is 760 g/mol. The zero-order valence-electron chi connectivity index (χ0n) is 18.8. The summed E-state index contributed by atoms with van der Waals surface area (Å²) in [5.74, 6) is -8.00. The number of carboxylic acids is 6. The van der Waals surface area contributed by atoms with E-state index < -0.39 is 35.8 Å². The van der Waals surface area contributed by atoms with Crippen molar-refractivity contribution in [2.45, 2.75) is 0 Å². The fraction of sp³-hybridized carbons (Fsp3) is 0. The van der Waals surface area contributed by atoms with Gasteiger partial charge in [0.15, 0.2) is 0 Å². The summed E-state index contributed by atoms with van der Waals surface area (Å²) >= 11 is 0. The monoisotopic (exact) mass is 772 g/mol. The van der Waals surface area contributed by atoms with Gasteiger partial charge in [-0.05, 0) is 33.4 Å². The van der Waals surface area contributed by atoms with Gasteiger partial charge in [0.2, 0.25) is 0 Å². The number of rotatable bonds is 6. The molecule has 0 heterocycles. The van der Waals surface area contributed by atoms with Gasteiger partial charge < -0.3 is 59.4 Å². The van der Waals surface area contributed by atoms with Gasteiger partial charge in [0, 0.05) is 0 Å². The van der Waals surface area contributed by atoms with Crippen LogP contribution in [-0.4, -0.2) is 35.8 Å². The molecule has 188 valence electrons. The molecule has 14 heteroatoms. The van der Waals surface area contributed by atoms with E-state index in [1.807, 2.05) is 0 Å². The van der Waals surface area contributed by atoms with Gasteiger partial charge in [-0.15, -0.1) is 0 Å². The van der Waals surface area contributed by atoms with Crippen LogP contribution in [-0.2, 0) is 0 Å². The summed E-state index contributed by atoms with van der Waals surface area (Å²) in [6.07, 6.45) is 0. The number of carbonyl (C=O) groups excluding carboxylic acids is 6. The Balaban J connectivity index is 0. The Hall–Kier alpha value is -2.77. The maximum Gasteiger partial charge on any atom is 3.00 e. The number of aromatic carboxylic acids is 6. The van der Waals surface area contributed by atoms with E-state index in [0.717, 1.165) is 72.8 Å². The van der Waals surface area contributed by atoms with Gasteiger partial charge >= 0.3 is 83.5 Å². The van der Waals surface area contributed by atoms with Crippen LogP contribution >= 0.6 is 0 Å². The number of hydrogen-bond donors (Lipinski definition) is 0. The van der Waals surface area contributed by atoms with Crippen molar-refractivity contribution in [1.29, 1.82) is 0 Å². The van der Waals surface area contributed by atoms with Crippen LogP contribution in [0.3, 0.4) is 0 Å². The number of hydrogen-bond acceptors (Lipinski definition) is 12. The summed E-state index contributed by atoms with van der Waals surface area (Å²) < 4.78 is 0. The molecule has 12 nitrogen and oxygen atoms in total. The van der Waals surface area contributed by atoms with Crippen molar-refractivity contribution in [3.8, 4) is 0 Å². The van der Waals surface area contributed by atoms with E-state index in [0.29, 0.717) is 0 Å². The molecule has 0 N–H and O–H groups in total. The first-order valence-electron chi connectivity index (χ1n) is 9.41. The second-order valence-corrected chi connectivity index (χ2v) is 6.46. The topological polar surface area (TPSA) is 241 Å². The van der Waals surface area contributed by atoms with E-state index in [2.05, 4.69) is 0 Å². The van der Waals surface area contributed by atoms with Gasteiger partial charge in [0.1, 0.15) is 0 Å². The predicted octanol–water partition coefficient (Wildman–Crippen LogP) is -4.76. The van der Waals surface area contributed by atoms with Crippen LogP contribution in [0.5, 0.6) is 0 Å². The molecule has 3 rings (SSSR count). The van der Waals surface area contributed by atoms with Crippen molar-refractivity contribution in [3.63, 3.8) is 0 Å². The van der Waals surface area contributed by atoms with E-state index in [4.69, 9.17) is 0 Å². The minimum absolute atomic E-state index is 0. The normalized spacial score (nSPS) is 8.84. The van der Waals surface area contributed by atoms with Crippen LogP contribution in [0.1, 0.15) is 62.1 Å². The first kappa shape index (κ1) is 37.4. The van der Waals surface area contributed by atoms with E-state index in [1.165, 1.54) is 0 Å². The van der Waals surface area contributed by atoms with Crippen molar-refractivity contribution in [2.24, 2.45) is 0 Å². The molecule has 0 saturated heterocycles. The maximum absolute atomic E-state index is 10.2. The van der Waals surface area contributed by atoms with Gasteiger partial charge in [-0.25, -0.2) is 0 Å². The average molecular weight is 773 g/mol. The summed E-state index contributed by atoms with van der Waals surface area (Å²) in [4.78, 5) is 61.2. The summed E-state index contributed by atoms with van der Waals surface area (Å²) in [7, 11) is 0. The Kier molecular flexibility index (Phi) is 18.2. The van der Waals surface area contributed by atoms with Crippen LogP contribution in [0, 0.1) is 83.5 Å². The molecule has 0 aromatic heterocycles. The quantitative estimate of drug-likeness (QED) is 0.230. The molecule has 0 fully saturated rings. The third kappa shape index (κ3) is 13.2. The second-order valence-electron chi connectivity index (χ2n) is 6.46. The minimum atomic E-state index is -1.33. The largest absolute Gasteiger partial charge is 3.00 e. The third-order valence-electron chi connectivity index (χ3n) is 4.07. The Morgan fingerprint density at radius 2 is 0.368 bits per heavy atom. The maximum atomic E-state index is 10.2. The Morgan fingerprint density at radius 3 is 0.421 bits per heavy atom. The fourth-order valence-corrected chi connectivity index (χ4v) is 2.23. The van der Waals surface area contributed by atoms with Gasteiger partial charge in [-0.3, -0.25) is 0 Å². The molecule has 0 unspecified atom stereocenters. The zero-order chi connectivity index (χ0) is 27.4. The van der Waals surface area contributed by atoms with Crippen molar-refractivity contribution in [1.82, 2.24) is 0 Å². The molecule has 38 heavy (non-hydrogen) atoms. The minimum Gasteiger partial charge on any atom is -0.545 e. The molecule has 2 radical (unpaired) electrons. The molecule has 0 atom stereocenters. The molecule has 0 amide bonds. The smallest absolute Gasteiger partial charge is 0.545 e. The summed E-state index contributed by atoms with van der Waals surface area (Å²) in [6.45, 7) is 0. The van der Waals surface area contributed by atoms with Crippen LogP contribution in [0.15, 0.2) is 72.8 Å². The van der Waals surface area contributed by atoms with E-state index in [-0.39, 0.29) is 117 Å². The van der Waals surface area contributed by atoms with Crippen molar-refractivity contribution in [3.05, 3.63) is 106 Å².